The number of sulfonamides is 1. The van der Waals surface area contributed by atoms with Gasteiger partial charge in [0, 0.05) is 12.2 Å². The maximum Gasteiger partial charge on any atom is 0.238 e. The van der Waals surface area contributed by atoms with E-state index in [1.807, 2.05) is 13.2 Å². The number of rotatable bonds is 6. The average Bonchev–Trinajstić information content (AvgIpc) is 2.35. The number of carbonyl (C=O) groups is 1. The van der Waals surface area contributed by atoms with Crippen molar-refractivity contribution in [1.82, 2.24) is 5.32 Å². The van der Waals surface area contributed by atoms with Crippen molar-refractivity contribution in [2.45, 2.75) is 24.3 Å². The van der Waals surface area contributed by atoms with Crippen LogP contribution in [0.5, 0.6) is 0 Å². The van der Waals surface area contributed by atoms with Gasteiger partial charge >= 0.3 is 0 Å². The van der Waals surface area contributed by atoms with E-state index in [0.717, 1.165) is 11.3 Å². The van der Waals surface area contributed by atoms with Crippen molar-refractivity contribution in [3.05, 3.63) is 29.8 Å². The Kier molecular flexibility index (Phi) is 5.84. The fourth-order valence-corrected chi connectivity index (χ4v) is 2.44. The van der Waals surface area contributed by atoms with E-state index in [0.29, 0.717) is 6.42 Å². The quantitative estimate of drug-likeness (QED) is 0.828. The summed E-state index contributed by atoms with van der Waals surface area (Å²) in [6, 6.07) is 6.02. The summed E-state index contributed by atoms with van der Waals surface area (Å²) in [5.74, 6) is 0.764. The molecule has 3 N–H and O–H groups in total. The normalized spacial score (nSPS) is 13.0. The molecule has 0 heterocycles. The molecule has 106 valence electrons. The van der Waals surface area contributed by atoms with E-state index in [4.69, 9.17) is 5.14 Å². The molecule has 1 aromatic rings. The standard InChI is InChI=1S/C12H18N2O3S2/c1-9(14-12(15)7-8-18-2)10-3-5-11(6-4-10)19(13,16)17/h3-6,9H,7-8H2,1-2H3,(H,14,15)(H2,13,16,17). The second kappa shape index (κ2) is 6.93. The van der Waals surface area contributed by atoms with Gasteiger partial charge in [-0.2, -0.15) is 11.8 Å². The largest absolute Gasteiger partial charge is 0.350 e. The van der Waals surface area contributed by atoms with Gasteiger partial charge in [0.15, 0.2) is 0 Å². The van der Waals surface area contributed by atoms with Crippen LogP contribution in [0.25, 0.3) is 0 Å². The van der Waals surface area contributed by atoms with Crippen LogP contribution >= 0.6 is 11.8 Å². The highest BCUT2D eigenvalue weighted by Crippen LogP contribution is 2.15. The average molecular weight is 302 g/mol. The number of carbonyl (C=O) groups excluding carboxylic acids is 1. The van der Waals surface area contributed by atoms with Gasteiger partial charge in [-0.05, 0) is 30.9 Å². The lowest BCUT2D eigenvalue weighted by Crippen LogP contribution is -2.26. The molecule has 1 atom stereocenters. The van der Waals surface area contributed by atoms with Gasteiger partial charge in [-0.1, -0.05) is 12.1 Å². The Labute approximate surface area is 118 Å². The molecule has 5 nitrogen and oxygen atoms in total. The molecular weight excluding hydrogens is 284 g/mol. The van der Waals surface area contributed by atoms with E-state index in [1.54, 1.807) is 23.9 Å². The van der Waals surface area contributed by atoms with E-state index >= 15 is 0 Å². The molecule has 0 fully saturated rings. The molecule has 7 heteroatoms. The van der Waals surface area contributed by atoms with Gasteiger partial charge in [0.05, 0.1) is 10.9 Å². The first kappa shape index (κ1) is 16.0. The topological polar surface area (TPSA) is 89.3 Å². The zero-order valence-corrected chi connectivity index (χ0v) is 12.6. The van der Waals surface area contributed by atoms with Crippen molar-refractivity contribution in [3.63, 3.8) is 0 Å². The number of nitrogens with one attached hydrogen (secondary N) is 1. The predicted molar refractivity (Wildman–Crippen MR) is 77.4 cm³/mol. The fourth-order valence-electron chi connectivity index (χ4n) is 1.54. The molecule has 0 aliphatic carbocycles. The van der Waals surface area contributed by atoms with E-state index < -0.39 is 10.0 Å². The highest BCUT2D eigenvalue weighted by molar-refractivity contribution is 7.98. The molecule has 0 bridgehead atoms. The van der Waals surface area contributed by atoms with Crippen molar-refractivity contribution in [1.29, 1.82) is 0 Å². The van der Waals surface area contributed by atoms with Crippen molar-refractivity contribution in [2.75, 3.05) is 12.0 Å². The molecule has 0 radical (unpaired) electrons. The third-order valence-electron chi connectivity index (χ3n) is 2.62. The third kappa shape index (κ3) is 5.22. The second-order valence-electron chi connectivity index (χ2n) is 4.15. The summed E-state index contributed by atoms with van der Waals surface area (Å²) in [5, 5.41) is 7.87. The molecule has 0 saturated carbocycles. The van der Waals surface area contributed by atoms with E-state index in [9.17, 15) is 13.2 Å². The van der Waals surface area contributed by atoms with Gasteiger partial charge in [0.1, 0.15) is 0 Å². The molecule has 1 amide bonds. The molecule has 1 rings (SSSR count). The van der Waals surface area contributed by atoms with Crippen molar-refractivity contribution in [3.8, 4) is 0 Å². The predicted octanol–water partition coefficient (Wildman–Crippen LogP) is 1.26. The molecule has 0 aromatic heterocycles. The second-order valence-corrected chi connectivity index (χ2v) is 6.69. The number of amides is 1. The summed E-state index contributed by atoms with van der Waals surface area (Å²) in [5.41, 5.74) is 0.838. The Bertz CT molecular complexity index is 526. The van der Waals surface area contributed by atoms with Crippen LogP contribution in [0.3, 0.4) is 0 Å². The Hall–Kier alpha value is -1.05. The number of primary sulfonamides is 1. The number of hydrogen-bond acceptors (Lipinski definition) is 4. The Morgan fingerprint density at radius 1 is 1.37 bits per heavy atom. The van der Waals surface area contributed by atoms with Crippen LogP contribution < -0.4 is 10.5 Å². The number of nitrogens with two attached hydrogens (primary N) is 1. The smallest absolute Gasteiger partial charge is 0.238 e. The highest BCUT2D eigenvalue weighted by Gasteiger charge is 2.11. The van der Waals surface area contributed by atoms with Crippen molar-refractivity contribution < 1.29 is 13.2 Å². The van der Waals surface area contributed by atoms with Gasteiger partial charge in [0.2, 0.25) is 15.9 Å². The maximum absolute atomic E-state index is 11.6. The summed E-state index contributed by atoms with van der Waals surface area (Å²) in [4.78, 5) is 11.6. The molecule has 0 spiro atoms. The van der Waals surface area contributed by atoms with Crippen LogP contribution in [0.4, 0.5) is 0 Å². The SMILES string of the molecule is CSCCC(=O)NC(C)c1ccc(S(N)(=O)=O)cc1. The van der Waals surface area contributed by atoms with E-state index in [1.165, 1.54) is 12.1 Å². The molecule has 1 unspecified atom stereocenters. The first-order valence-electron chi connectivity index (χ1n) is 5.75. The lowest BCUT2D eigenvalue weighted by atomic mass is 10.1. The van der Waals surface area contributed by atoms with Gasteiger partial charge in [-0.25, -0.2) is 13.6 Å². The van der Waals surface area contributed by atoms with Crippen LogP contribution in [0.15, 0.2) is 29.2 Å². The van der Waals surface area contributed by atoms with Crippen LogP contribution in [-0.2, 0) is 14.8 Å². The van der Waals surface area contributed by atoms with Gasteiger partial charge in [0.25, 0.3) is 0 Å². The highest BCUT2D eigenvalue weighted by atomic mass is 32.2. The molecule has 1 aromatic carbocycles. The van der Waals surface area contributed by atoms with Crippen molar-refractivity contribution >= 4 is 27.7 Å². The van der Waals surface area contributed by atoms with Gasteiger partial charge in [-0.3, -0.25) is 4.79 Å². The Morgan fingerprint density at radius 2 is 1.95 bits per heavy atom. The molecule has 0 saturated heterocycles. The molecule has 19 heavy (non-hydrogen) atoms. The Morgan fingerprint density at radius 3 is 2.42 bits per heavy atom. The number of hydrogen-bond donors (Lipinski definition) is 2. The zero-order valence-electron chi connectivity index (χ0n) is 10.9. The first-order chi connectivity index (χ1) is 8.84. The van der Waals surface area contributed by atoms with Crippen molar-refractivity contribution in [2.24, 2.45) is 5.14 Å². The fraction of sp³-hybridized carbons (Fsp3) is 0.417. The van der Waals surface area contributed by atoms with Gasteiger partial charge in [-0.15, -0.1) is 0 Å². The van der Waals surface area contributed by atoms with E-state index in [-0.39, 0.29) is 16.8 Å². The maximum atomic E-state index is 11.6. The van der Waals surface area contributed by atoms with Crippen LogP contribution in [0.1, 0.15) is 24.9 Å². The zero-order chi connectivity index (χ0) is 14.5. The van der Waals surface area contributed by atoms with Gasteiger partial charge < -0.3 is 5.32 Å². The first-order valence-corrected chi connectivity index (χ1v) is 8.69. The minimum absolute atomic E-state index is 0.0163. The summed E-state index contributed by atoms with van der Waals surface area (Å²) < 4.78 is 22.2. The summed E-state index contributed by atoms with van der Waals surface area (Å²) in [6.07, 6.45) is 2.42. The van der Waals surface area contributed by atoms with Crippen LogP contribution in [0.2, 0.25) is 0 Å². The molecular formula is C12H18N2O3S2. The molecule has 0 aliphatic rings. The minimum Gasteiger partial charge on any atom is -0.350 e. The number of thioether (sulfide) groups is 1. The summed E-state index contributed by atoms with van der Waals surface area (Å²) >= 11 is 1.62. The Balaban J connectivity index is 2.68. The number of benzene rings is 1. The third-order valence-corrected chi connectivity index (χ3v) is 4.16. The van der Waals surface area contributed by atoms with Crippen LogP contribution in [-0.4, -0.2) is 26.3 Å². The van der Waals surface area contributed by atoms with E-state index in [2.05, 4.69) is 5.32 Å². The van der Waals surface area contributed by atoms with Crippen LogP contribution in [0, 0.1) is 0 Å². The lowest BCUT2D eigenvalue weighted by molar-refractivity contribution is -0.121. The summed E-state index contributed by atoms with van der Waals surface area (Å²) in [6.45, 7) is 1.85. The molecule has 0 aliphatic heterocycles. The lowest BCUT2D eigenvalue weighted by Gasteiger charge is -2.14. The minimum atomic E-state index is -3.67. The summed E-state index contributed by atoms with van der Waals surface area (Å²) in [7, 11) is -3.67. The monoisotopic (exact) mass is 302 g/mol.